The average Bonchev–Trinajstić information content (AvgIpc) is 3.39. The van der Waals surface area contributed by atoms with Crippen molar-refractivity contribution in [3.8, 4) is 11.1 Å². The minimum Gasteiger partial charge on any atom is -0.481 e. The Bertz CT molecular complexity index is 1220. The van der Waals surface area contributed by atoms with Crippen molar-refractivity contribution in [3.05, 3.63) is 75.7 Å². The lowest BCUT2D eigenvalue weighted by molar-refractivity contribution is -0.143. The van der Waals surface area contributed by atoms with Crippen LogP contribution in [0.5, 0.6) is 0 Å². The van der Waals surface area contributed by atoms with Crippen LogP contribution in [0.1, 0.15) is 44.6 Å². The van der Waals surface area contributed by atoms with Gasteiger partial charge in [-0.15, -0.1) is 11.3 Å². The van der Waals surface area contributed by atoms with Gasteiger partial charge in [0.1, 0.15) is 16.5 Å². The Balaban J connectivity index is 1.13. The quantitative estimate of drug-likeness (QED) is 0.455. The Morgan fingerprint density at radius 1 is 1.03 bits per heavy atom. The lowest BCUT2D eigenvalue weighted by atomic mass is 9.98. The van der Waals surface area contributed by atoms with Crippen LogP contribution in [0, 0.1) is 5.41 Å². The van der Waals surface area contributed by atoms with Gasteiger partial charge < -0.3 is 20.5 Å². The van der Waals surface area contributed by atoms with Crippen molar-refractivity contribution in [2.75, 3.05) is 13.2 Å². The van der Waals surface area contributed by atoms with Crippen molar-refractivity contribution in [3.63, 3.8) is 0 Å². The number of rotatable bonds is 8. The fourth-order valence-electron chi connectivity index (χ4n) is 4.25. The van der Waals surface area contributed by atoms with Crippen molar-refractivity contribution in [2.45, 2.75) is 25.3 Å². The first-order valence-electron chi connectivity index (χ1n) is 11.0. The van der Waals surface area contributed by atoms with Crippen molar-refractivity contribution in [2.24, 2.45) is 5.41 Å². The maximum Gasteiger partial charge on any atom is 0.407 e. The Hall–Kier alpha value is -3.72. The second kappa shape index (κ2) is 8.90. The van der Waals surface area contributed by atoms with Crippen LogP contribution >= 0.6 is 11.3 Å². The van der Waals surface area contributed by atoms with Gasteiger partial charge >= 0.3 is 12.1 Å². The molecule has 2 aromatic carbocycles. The summed E-state index contributed by atoms with van der Waals surface area (Å²) in [6.07, 6.45) is 2.01. The number of amides is 2. The summed E-state index contributed by atoms with van der Waals surface area (Å²) in [7, 11) is 0. The van der Waals surface area contributed by atoms with E-state index in [2.05, 4.69) is 39.9 Å². The van der Waals surface area contributed by atoms with Crippen LogP contribution in [0.25, 0.3) is 11.1 Å². The third-order valence-electron chi connectivity index (χ3n) is 6.40. The molecule has 0 bridgehead atoms. The Labute approximate surface area is 200 Å². The van der Waals surface area contributed by atoms with Gasteiger partial charge in [0.05, 0.1) is 18.2 Å². The van der Waals surface area contributed by atoms with Crippen LogP contribution in [-0.4, -0.2) is 41.2 Å². The minimum absolute atomic E-state index is 0.0196. The maximum atomic E-state index is 12.3. The van der Waals surface area contributed by atoms with E-state index in [-0.39, 0.29) is 31.5 Å². The number of benzene rings is 2. The van der Waals surface area contributed by atoms with E-state index in [4.69, 9.17) is 4.74 Å². The van der Waals surface area contributed by atoms with Crippen LogP contribution in [0.15, 0.2) is 54.7 Å². The van der Waals surface area contributed by atoms with Gasteiger partial charge in [0.2, 0.25) is 0 Å². The third-order valence-corrected chi connectivity index (χ3v) is 7.40. The molecule has 174 valence electrons. The van der Waals surface area contributed by atoms with Gasteiger partial charge in [0.15, 0.2) is 0 Å². The molecule has 3 N–H and O–H groups in total. The highest BCUT2D eigenvalue weighted by atomic mass is 32.1. The number of aromatic nitrogens is 1. The molecule has 0 unspecified atom stereocenters. The van der Waals surface area contributed by atoms with Crippen molar-refractivity contribution < 1.29 is 24.2 Å². The molecule has 9 heteroatoms. The number of nitrogens with zero attached hydrogens (tertiary/aromatic N) is 1. The summed E-state index contributed by atoms with van der Waals surface area (Å²) in [5.74, 6) is -1.27. The fraction of sp³-hybridized carbons (Fsp3) is 0.280. The zero-order valence-electron chi connectivity index (χ0n) is 18.2. The number of carboxylic acids is 1. The molecular weight excluding hydrogens is 454 g/mol. The third kappa shape index (κ3) is 4.26. The highest BCUT2D eigenvalue weighted by molar-refractivity contribution is 7.13. The molecule has 2 amide bonds. The highest BCUT2D eigenvalue weighted by Gasteiger charge is 2.50. The van der Waals surface area contributed by atoms with Gasteiger partial charge in [0.25, 0.3) is 5.91 Å². The van der Waals surface area contributed by atoms with E-state index in [1.54, 1.807) is 0 Å². The van der Waals surface area contributed by atoms with Crippen molar-refractivity contribution in [1.29, 1.82) is 0 Å². The molecule has 3 aromatic rings. The molecule has 1 heterocycles. The van der Waals surface area contributed by atoms with Gasteiger partial charge in [-0.05, 0) is 35.1 Å². The first kappa shape index (κ1) is 22.1. The lowest BCUT2D eigenvalue weighted by Crippen LogP contribution is -2.33. The summed E-state index contributed by atoms with van der Waals surface area (Å²) in [4.78, 5) is 40.4. The molecule has 1 aromatic heterocycles. The predicted molar refractivity (Wildman–Crippen MR) is 126 cm³/mol. The standard InChI is InChI=1S/C25H23N3O5S/c29-22(28-14-25(9-10-25)23(30)31)20-11-26-21(34-20)12-27-24(32)33-13-19-17-7-3-1-5-15(17)16-6-2-4-8-18(16)19/h1-8,11,19H,9-10,12-14H2,(H,27,32)(H,28,29)(H,30,31). The number of nitrogens with one attached hydrogen (secondary N) is 2. The van der Waals surface area contributed by atoms with E-state index >= 15 is 0 Å². The zero-order chi connectivity index (χ0) is 23.7. The van der Waals surface area contributed by atoms with Gasteiger partial charge in [-0.25, -0.2) is 9.78 Å². The number of fused-ring (bicyclic) bond motifs is 3. The summed E-state index contributed by atoms with van der Waals surface area (Å²) in [5.41, 5.74) is 3.79. The molecule has 0 aliphatic heterocycles. The topological polar surface area (TPSA) is 118 Å². The molecule has 2 aliphatic carbocycles. The molecule has 2 aliphatic rings. The van der Waals surface area contributed by atoms with E-state index in [0.29, 0.717) is 22.7 Å². The average molecular weight is 478 g/mol. The van der Waals surface area contributed by atoms with Gasteiger partial charge in [-0.1, -0.05) is 48.5 Å². The molecule has 1 saturated carbocycles. The summed E-state index contributed by atoms with van der Waals surface area (Å²) in [5, 5.41) is 15.1. The van der Waals surface area contributed by atoms with E-state index in [0.717, 1.165) is 33.6 Å². The largest absolute Gasteiger partial charge is 0.481 e. The summed E-state index contributed by atoms with van der Waals surface area (Å²) in [6.45, 7) is 0.455. The molecule has 0 spiro atoms. The molecule has 0 saturated heterocycles. The van der Waals surface area contributed by atoms with E-state index in [9.17, 15) is 19.5 Å². The summed E-state index contributed by atoms with van der Waals surface area (Å²) < 4.78 is 5.51. The minimum atomic E-state index is -0.884. The number of thiazole rings is 1. The van der Waals surface area contributed by atoms with Gasteiger partial charge in [-0.3, -0.25) is 9.59 Å². The molecule has 1 fully saturated rings. The van der Waals surface area contributed by atoms with Gasteiger partial charge in [-0.2, -0.15) is 0 Å². The smallest absolute Gasteiger partial charge is 0.407 e. The molecule has 5 rings (SSSR count). The van der Waals surface area contributed by atoms with Crippen molar-refractivity contribution >= 4 is 29.3 Å². The van der Waals surface area contributed by atoms with Gasteiger partial charge in [0, 0.05) is 12.5 Å². The highest BCUT2D eigenvalue weighted by Crippen LogP contribution is 2.45. The first-order chi connectivity index (χ1) is 16.5. The van der Waals surface area contributed by atoms with E-state index in [1.807, 2.05) is 24.3 Å². The number of alkyl carbamates (subject to hydrolysis) is 1. The molecular formula is C25H23N3O5S. The number of hydrogen-bond acceptors (Lipinski definition) is 6. The lowest BCUT2D eigenvalue weighted by Gasteiger charge is -2.14. The normalized spacial score (nSPS) is 15.2. The Kier molecular flexibility index (Phi) is 5.79. The number of carbonyl (C=O) groups excluding carboxylic acids is 2. The number of ether oxygens (including phenoxy) is 1. The molecule has 0 atom stereocenters. The number of carbonyl (C=O) groups is 3. The number of carboxylic acid groups (broad SMARTS) is 1. The Morgan fingerprint density at radius 3 is 2.29 bits per heavy atom. The van der Waals surface area contributed by atoms with Crippen LogP contribution in [-0.2, 0) is 16.1 Å². The SMILES string of the molecule is O=C(NCc1ncc(C(=O)NCC2(C(=O)O)CC2)s1)OCC1c2ccccc2-c2ccccc21. The molecule has 8 nitrogen and oxygen atoms in total. The summed E-state index contributed by atoms with van der Waals surface area (Å²) in [6, 6.07) is 16.3. The molecule has 0 radical (unpaired) electrons. The van der Waals surface area contributed by atoms with E-state index in [1.165, 1.54) is 6.20 Å². The maximum absolute atomic E-state index is 12.3. The monoisotopic (exact) mass is 477 g/mol. The van der Waals surface area contributed by atoms with Crippen molar-refractivity contribution in [1.82, 2.24) is 15.6 Å². The fourth-order valence-corrected chi connectivity index (χ4v) is 5.02. The van der Waals surface area contributed by atoms with Crippen LogP contribution < -0.4 is 10.6 Å². The molecule has 34 heavy (non-hydrogen) atoms. The zero-order valence-corrected chi connectivity index (χ0v) is 19.1. The van der Waals surface area contributed by atoms with E-state index < -0.39 is 17.5 Å². The first-order valence-corrected chi connectivity index (χ1v) is 11.8. The Morgan fingerprint density at radius 2 is 1.68 bits per heavy atom. The number of aliphatic carboxylic acids is 1. The predicted octanol–water partition coefficient (Wildman–Crippen LogP) is 3.78. The second-order valence-corrected chi connectivity index (χ2v) is 9.68. The van der Waals surface area contributed by atoms with Crippen LogP contribution in [0.2, 0.25) is 0 Å². The summed E-state index contributed by atoms with van der Waals surface area (Å²) >= 11 is 1.15. The van der Waals surface area contributed by atoms with Crippen LogP contribution in [0.4, 0.5) is 4.79 Å². The second-order valence-electron chi connectivity index (χ2n) is 8.57. The number of hydrogen-bond donors (Lipinski definition) is 3. The van der Waals surface area contributed by atoms with Crippen LogP contribution in [0.3, 0.4) is 0 Å².